The Labute approximate surface area is 119 Å². The zero-order chi connectivity index (χ0) is 13.5. The summed E-state index contributed by atoms with van der Waals surface area (Å²) >= 11 is -1.65. The molecule has 6 saturated carbocycles. The van der Waals surface area contributed by atoms with Crippen molar-refractivity contribution < 1.29 is 24.5 Å². The van der Waals surface area contributed by atoms with E-state index in [-0.39, 0.29) is 38.5 Å². The van der Waals surface area contributed by atoms with Crippen molar-refractivity contribution in [3.63, 3.8) is 0 Å². The molecule has 6 aliphatic carbocycles. The molecule has 7 heteroatoms. The molecule has 4 bridgehead atoms. The van der Waals surface area contributed by atoms with Crippen LogP contribution in [0.25, 0.3) is 0 Å². The van der Waals surface area contributed by atoms with Gasteiger partial charge in [-0.1, -0.05) is 0 Å². The molecule has 6 rings (SSSR count). The zero-order valence-electron chi connectivity index (χ0n) is 10.0. The number of halogens is 3. The summed E-state index contributed by atoms with van der Waals surface area (Å²) in [5.41, 5.74) is -3.55. The molecule has 0 amide bonds. The quantitative estimate of drug-likeness (QED) is 0.697. The van der Waals surface area contributed by atoms with E-state index in [1.54, 1.807) is 0 Å². The Balaban J connectivity index is 1.22. The Hall–Kier alpha value is -0.470. The first-order valence-electron chi connectivity index (χ1n) is 6.27. The van der Waals surface area contributed by atoms with Crippen molar-refractivity contribution >= 4 is 34.0 Å². The van der Waals surface area contributed by atoms with Gasteiger partial charge in [0.05, 0.1) is 0 Å². The van der Waals surface area contributed by atoms with E-state index < -0.39 is 56.1 Å². The van der Waals surface area contributed by atoms with Crippen molar-refractivity contribution in [3.8, 4) is 0 Å². The van der Waals surface area contributed by atoms with Crippen LogP contribution in [-0.2, 0) is 15.7 Å². The molecule has 0 N–H and O–H groups in total. The van der Waals surface area contributed by atoms with Crippen LogP contribution >= 0.6 is 22.0 Å². The molecule has 4 nitrogen and oxygen atoms in total. The number of carbonyl (C=O) groups is 2. The summed E-state index contributed by atoms with van der Waals surface area (Å²) in [6, 6.07) is 0. The molecule has 0 heterocycles. The van der Waals surface area contributed by atoms with Gasteiger partial charge in [0.2, 0.25) is 0 Å². The molecule has 0 radical (unpaired) electrons. The topological polar surface area (TPSA) is 52.6 Å². The summed E-state index contributed by atoms with van der Waals surface area (Å²) in [6.07, 6.45) is 1.46. The summed E-state index contributed by atoms with van der Waals surface area (Å²) in [5, 5.41) is 0. The molecule has 0 saturated heterocycles. The third-order valence-corrected chi connectivity index (χ3v) is 6.27. The van der Waals surface area contributed by atoms with Gasteiger partial charge in [-0.25, -0.2) is 0 Å². The maximum absolute atomic E-state index is 13.3. The van der Waals surface area contributed by atoms with Gasteiger partial charge in [-0.15, -0.1) is 0 Å². The molecule has 0 aliphatic heterocycles. The molecular formula is C12H13F2IO4. The van der Waals surface area contributed by atoms with E-state index in [9.17, 15) is 18.4 Å². The van der Waals surface area contributed by atoms with Crippen LogP contribution in [-0.4, -0.2) is 23.3 Å². The Bertz CT molecular complexity index is 422. The van der Waals surface area contributed by atoms with Crippen molar-refractivity contribution in [2.45, 2.75) is 49.9 Å². The second-order valence-electron chi connectivity index (χ2n) is 6.73. The van der Waals surface area contributed by atoms with Gasteiger partial charge in [-0.2, -0.15) is 0 Å². The van der Waals surface area contributed by atoms with Crippen molar-refractivity contribution in [3.05, 3.63) is 0 Å². The van der Waals surface area contributed by atoms with Crippen LogP contribution in [0.4, 0.5) is 8.78 Å². The van der Waals surface area contributed by atoms with E-state index in [1.165, 1.54) is 0 Å². The molecule has 0 spiro atoms. The molecule has 0 aromatic heterocycles. The van der Waals surface area contributed by atoms with E-state index in [0.29, 0.717) is 0 Å². The number of hydrogen-bond donors (Lipinski definition) is 0. The summed E-state index contributed by atoms with van der Waals surface area (Å²) in [6.45, 7) is 0. The number of carbonyl (C=O) groups excluding carboxylic acids is 2. The monoisotopic (exact) mass is 386 g/mol. The molecule has 6 aliphatic rings. The van der Waals surface area contributed by atoms with Crippen molar-refractivity contribution in [2.24, 2.45) is 10.8 Å². The maximum atomic E-state index is 13.3. The normalized spacial score (nSPS) is 52.1. The molecule has 0 unspecified atom stereocenters. The summed E-state index contributed by atoms with van der Waals surface area (Å²) < 4.78 is 36.5. The van der Waals surface area contributed by atoms with Gasteiger partial charge in [-0.3, -0.25) is 0 Å². The fourth-order valence-corrected chi connectivity index (χ4v) is 5.48. The molecule has 6 fully saturated rings. The van der Waals surface area contributed by atoms with E-state index in [0.717, 1.165) is 0 Å². The third-order valence-electron chi connectivity index (χ3n) is 5.02. The molecule has 19 heavy (non-hydrogen) atoms. The molecule has 0 aromatic rings. The standard InChI is InChI=1S/C12H13F2IO4/c13-11-1-9(2-11,3-11)7(16)18-15-19-8(17)10-4-12(14,5-10)6-10/h15H,1-6H2. The second kappa shape index (κ2) is 3.23. The summed E-state index contributed by atoms with van der Waals surface area (Å²) in [7, 11) is 0. The molecule has 106 valence electrons. The first-order chi connectivity index (χ1) is 8.79. The Kier molecular flexibility index (Phi) is 2.09. The average molecular weight is 386 g/mol. The van der Waals surface area contributed by atoms with Gasteiger partial charge < -0.3 is 0 Å². The van der Waals surface area contributed by atoms with Crippen molar-refractivity contribution in [1.29, 1.82) is 0 Å². The predicted octanol–water partition coefficient (Wildman–Crippen LogP) is 2.39. The number of alkyl halides is 2. The van der Waals surface area contributed by atoms with Crippen LogP contribution < -0.4 is 0 Å². The van der Waals surface area contributed by atoms with Crippen LogP contribution in [0.2, 0.25) is 0 Å². The summed E-state index contributed by atoms with van der Waals surface area (Å²) in [4.78, 5) is 23.4. The van der Waals surface area contributed by atoms with E-state index in [2.05, 4.69) is 0 Å². The first-order valence-corrected chi connectivity index (χ1v) is 8.17. The zero-order valence-corrected chi connectivity index (χ0v) is 12.4. The van der Waals surface area contributed by atoms with Gasteiger partial charge in [0.25, 0.3) is 0 Å². The molecular weight excluding hydrogens is 373 g/mol. The average Bonchev–Trinajstić information content (AvgIpc) is 2.17. The summed E-state index contributed by atoms with van der Waals surface area (Å²) in [5.74, 6) is -0.858. The van der Waals surface area contributed by atoms with Crippen LogP contribution in [0.3, 0.4) is 0 Å². The Morgan fingerprint density at radius 2 is 1.11 bits per heavy atom. The van der Waals surface area contributed by atoms with Crippen molar-refractivity contribution in [2.75, 3.05) is 0 Å². The van der Waals surface area contributed by atoms with Crippen LogP contribution in [0.5, 0.6) is 0 Å². The van der Waals surface area contributed by atoms with Gasteiger partial charge in [-0.05, 0) is 0 Å². The van der Waals surface area contributed by atoms with Crippen LogP contribution in [0.15, 0.2) is 0 Å². The van der Waals surface area contributed by atoms with Crippen LogP contribution in [0, 0.1) is 10.8 Å². The molecule has 0 atom stereocenters. The van der Waals surface area contributed by atoms with E-state index in [1.807, 2.05) is 0 Å². The van der Waals surface area contributed by atoms with Crippen LogP contribution in [0.1, 0.15) is 38.5 Å². The minimum atomic E-state index is -1.65. The second-order valence-corrected chi connectivity index (χ2v) is 8.07. The fourth-order valence-electron chi connectivity index (χ4n) is 4.02. The SMILES string of the molecule is O=C(O[IH]OC(=O)C12CC(F)(C1)C2)C12CC(F)(C1)C2. The van der Waals surface area contributed by atoms with Crippen molar-refractivity contribution in [1.82, 2.24) is 0 Å². The third kappa shape index (κ3) is 1.48. The van der Waals surface area contributed by atoms with Gasteiger partial charge in [0, 0.05) is 0 Å². The number of rotatable bonds is 4. The first kappa shape index (κ1) is 12.3. The van der Waals surface area contributed by atoms with Gasteiger partial charge in [0.15, 0.2) is 0 Å². The van der Waals surface area contributed by atoms with Gasteiger partial charge in [0.1, 0.15) is 0 Å². The van der Waals surface area contributed by atoms with E-state index in [4.69, 9.17) is 6.13 Å². The minimum absolute atomic E-state index is 0.244. The number of hydrogen-bond acceptors (Lipinski definition) is 4. The predicted molar refractivity (Wildman–Crippen MR) is 67.8 cm³/mol. The molecule has 0 aromatic carbocycles. The van der Waals surface area contributed by atoms with E-state index >= 15 is 0 Å². The van der Waals surface area contributed by atoms with Gasteiger partial charge >= 0.3 is 119 Å². The Morgan fingerprint density at radius 1 is 0.789 bits per heavy atom. The fraction of sp³-hybridized carbons (Fsp3) is 0.833. The Morgan fingerprint density at radius 3 is 1.37 bits per heavy atom.